The molecule has 0 heterocycles. The number of amides is 10. The quantitative estimate of drug-likeness (QED) is 0.0446. The summed E-state index contributed by atoms with van der Waals surface area (Å²) in [6.07, 6.45) is 1.23. The first kappa shape index (κ1) is 93.5. The summed E-state index contributed by atoms with van der Waals surface area (Å²) in [4.78, 5) is 145. The van der Waals surface area contributed by atoms with Crippen LogP contribution in [-0.2, 0) is 54.4 Å². The number of hydrogen-bond acceptors (Lipinski definition) is 18. The smallest absolute Gasteiger partial charge is 0.247 e. The average Bonchev–Trinajstić information content (AvgIpc) is 0.821. The lowest BCUT2D eigenvalue weighted by atomic mass is 9.87. The molecule has 1 aromatic rings. The first-order valence-corrected chi connectivity index (χ1v) is 36.7. The summed E-state index contributed by atoms with van der Waals surface area (Å²) in [6.45, 7) is 22.7. The topological polar surface area (TPSA) is 421 Å². The molecule has 0 aromatic heterocycles. The number of likely N-dealkylation sites (N-methyl/N-ethyl adjacent to an activating group) is 4. The van der Waals surface area contributed by atoms with Gasteiger partial charge in [0.1, 0.15) is 54.1 Å². The van der Waals surface area contributed by atoms with E-state index in [0.29, 0.717) is 50.7 Å². The average molecular weight is 1450 g/mol. The van der Waals surface area contributed by atoms with Gasteiger partial charge >= 0.3 is 0 Å². The standard InChI is InChI=1S/C74H132N10O18/c1-20-22-52(88)31-46(11)32-53(89)33-47(12)34-54(90)35-48(13)36-55(91)38-63(93)77-57(29-42(3)4)71(98)84(18)66(49(14)21-2)70(97)79-59(40-86)67(94)78-58(30-43(5)6)72(99)82(16)64(44(7)8)69(96)80-60(41-87)73(100)83(17)65(45(9)10)74(101)81(15)61(27-28-62(75)92)68(95)76-51(39-85)37-50-23-25-56(102-19)26-24-50/h23-26,42-49,51-55,57-61,64-66,85-91H,20-22,27-41H2,1-19H3,(H2,75,92)(H,76,95)(H,77,93)(H,78,94)(H,79,97)(H,80,96)/t46-,47-,48-,49-,51-,52+,53+,54+,55-,57-,58+,59+,60-,61-,64-,65-,66+/m0/s1. The molecule has 102 heavy (non-hydrogen) atoms. The number of hydrogen-bond donors (Lipinski definition) is 13. The number of methoxy groups -OCH3 is 1. The largest absolute Gasteiger partial charge is 0.497 e. The van der Waals surface area contributed by atoms with Crippen LogP contribution in [-0.4, -0.2) is 248 Å². The second kappa shape index (κ2) is 47.0. The van der Waals surface area contributed by atoms with E-state index >= 15 is 0 Å². The lowest BCUT2D eigenvalue weighted by molar-refractivity contribution is -0.151. The van der Waals surface area contributed by atoms with Gasteiger partial charge in [-0.1, -0.05) is 122 Å². The van der Waals surface area contributed by atoms with E-state index in [2.05, 4.69) is 26.6 Å². The van der Waals surface area contributed by atoms with Gasteiger partial charge < -0.3 is 92.4 Å². The number of carbonyl (C=O) groups is 10. The van der Waals surface area contributed by atoms with E-state index in [9.17, 15) is 83.7 Å². The van der Waals surface area contributed by atoms with Crippen LogP contribution in [0, 0.1) is 47.3 Å². The van der Waals surface area contributed by atoms with Gasteiger partial charge in [-0.3, -0.25) is 47.9 Å². The molecule has 0 unspecified atom stereocenters. The van der Waals surface area contributed by atoms with Crippen molar-refractivity contribution in [3.63, 3.8) is 0 Å². The summed E-state index contributed by atoms with van der Waals surface area (Å²) in [5.41, 5.74) is 6.24. The van der Waals surface area contributed by atoms with Crippen LogP contribution in [0.2, 0.25) is 0 Å². The molecule has 28 heteroatoms. The highest BCUT2D eigenvalue weighted by atomic mass is 16.5. The van der Waals surface area contributed by atoms with E-state index in [1.807, 2.05) is 41.5 Å². The van der Waals surface area contributed by atoms with E-state index in [1.54, 1.807) is 79.7 Å². The van der Waals surface area contributed by atoms with Gasteiger partial charge in [0.2, 0.25) is 59.1 Å². The molecule has 0 bridgehead atoms. The number of primary amides is 1. The number of nitrogens with zero attached hydrogens (tertiary/aromatic N) is 4. The van der Waals surface area contributed by atoms with Crippen molar-refractivity contribution in [1.29, 1.82) is 0 Å². The molecular weight excluding hydrogens is 1320 g/mol. The Morgan fingerprint density at radius 3 is 1.31 bits per heavy atom. The van der Waals surface area contributed by atoms with Crippen LogP contribution in [0.15, 0.2) is 24.3 Å². The molecule has 1 rings (SSSR count). The monoisotopic (exact) mass is 1450 g/mol. The van der Waals surface area contributed by atoms with Gasteiger partial charge in [-0.2, -0.15) is 0 Å². The van der Waals surface area contributed by atoms with E-state index in [4.69, 9.17) is 10.5 Å². The molecule has 0 saturated carbocycles. The van der Waals surface area contributed by atoms with Crippen LogP contribution in [0.3, 0.4) is 0 Å². The Bertz CT molecular complexity index is 2740. The van der Waals surface area contributed by atoms with Crippen molar-refractivity contribution in [3.8, 4) is 5.75 Å². The van der Waals surface area contributed by atoms with E-state index in [0.717, 1.165) is 26.7 Å². The number of benzene rings is 1. The van der Waals surface area contributed by atoms with Crippen molar-refractivity contribution in [2.75, 3.05) is 55.1 Å². The Labute approximate surface area is 607 Å². The van der Waals surface area contributed by atoms with Crippen LogP contribution >= 0.6 is 0 Å². The minimum atomic E-state index is -1.69. The normalized spacial score (nSPS) is 16.8. The van der Waals surface area contributed by atoms with E-state index in [-0.39, 0.29) is 74.5 Å². The zero-order chi connectivity index (χ0) is 78.2. The van der Waals surface area contributed by atoms with Crippen molar-refractivity contribution >= 4 is 59.1 Å². The van der Waals surface area contributed by atoms with Crippen LogP contribution in [0.25, 0.3) is 0 Å². The highest BCUT2D eigenvalue weighted by Gasteiger charge is 2.43. The molecule has 10 amide bonds. The summed E-state index contributed by atoms with van der Waals surface area (Å²) >= 11 is 0. The lowest BCUT2D eigenvalue weighted by Crippen LogP contribution is -2.63. The molecule has 0 saturated heterocycles. The lowest BCUT2D eigenvalue weighted by Gasteiger charge is -2.38. The fraction of sp³-hybridized carbons (Fsp3) is 0.784. The molecule has 14 N–H and O–H groups in total. The molecule has 0 aliphatic rings. The predicted octanol–water partition coefficient (Wildman–Crippen LogP) is 2.55. The number of nitrogens with one attached hydrogen (secondary N) is 5. The minimum Gasteiger partial charge on any atom is -0.497 e. The van der Waals surface area contributed by atoms with Gasteiger partial charge in [-0.25, -0.2) is 0 Å². The second-order valence-corrected chi connectivity index (χ2v) is 30.2. The molecule has 0 aliphatic carbocycles. The van der Waals surface area contributed by atoms with Gasteiger partial charge in [0.05, 0.1) is 63.8 Å². The number of aliphatic hydroxyl groups is 7. The third kappa shape index (κ3) is 32.2. The third-order valence-corrected chi connectivity index (χ3v) is 18.9. The molecule has 28 nitrogen and oxygen atoms in total. The molecule has 586 valence electrons. The fourth-order valence-electron chi connectivity index (χ4n) is 13.5. The summed E-state index contributed by atoms with van der Waals surface area (Å²) in [5.74, 6) is -9.54. The maximum atomic E-state index is 14.7. The SMILES string of the molecule is CCC[C@@H](O)C[C@H](C)C[C@@H](O)C[C@H](C)C[C@@H](O)C[C@H](C)C[C@H](O)CC(=O)N[C@@H](CC(C)C)C(=O)N(C)[C@@H](C(=O)N[C@H](CO)C(=O)N[C@H](CC(C)C)C(=O)N(C)[C@H](C(=O)N[C@@H](CO)C(=O)N(C)[C@H](C(=O)N(C)[C@@H](CCC(N)=O)C(=O)N[C@H](CO)Cc1ccc(OC)cc1)C(C)C)C(C)C)[C@@H](C)CC. The van der Waals surface area contributed by atoms with Gasteiger partial charge in [0.15, 0.2) is 0 Å². The van der Waals surface area contributed by atoms with Crippen LogP contribution < -0.4 is 37.1 Å². The maximum Gasteiger partial charge on any atom is 0.247 e. The predicted molar refractivity (Wildman–Crippen MR) is 389 cm³/mol. The Morgan fingerprint density at radius 1 is 0.461 bits per heavy atom. The number of ether oxygens (including phenoxy) is 1. The molecular formula is C74H132N10O18. The Kier molecular flexibility index (Phi) is 43.1. The first-order chi connectivity index (χ1) is 47.6. The van der Waals surface area contributed by atoms with Gasteiger partial charge in [-0.05, 0) is 136 Å². The molecule has 1 aromatic carbocycles. The van der Waals surface area contributed by atoms with Gasteiger partial charge in [-0.15, -0.1) is 0 Å². The van der Waals surface area contributed by atoms with Gasteiger partial charge in [0.25, 0.3) is 0 Å². The van der Waals surface area contributed by atoms with Crippen molar-refractivity contribution < 1.29 is 88.4 Å². The molecule has 0 spiro atoms. The van der Waals surface area contributed by atoms with E-state index in [1.165, 1.54) is 40.2 Å². The summed E-state index contributed by atoms with van der Waals surface area (Å²) < 4.78 is 5.22. The summed E-state index contributed by atoms with van der Waals surface area (Å²) in [5, 5.41) is 87.9. The number of aliphatic hydroxyl groups excluding tert-OH is 7. The zero-order valence-electron chi connectivity index (χ0n) is 64.6. The number of rotatable bonds is 50. The van der Waals surface area contributed by atoms with Crippen molar-refractivity contribution in [2.24, 2.45) is 53.1 Å². The third-order valence-electron chi connectivity index (χ3n) is 18.9. The second-order valence-electron chi connectivity index (χ2n) is 30.2. The van der Waals surface area contributed by atoms with Crippen molar-refractivity contribution in [2.45, 2.75) is 272 Å². The van der Waals surface area contributed by atoms with Crippen LogP contribution in [0.4, 0.5) is 0 Å². The fourth-order valence-corrected chi connectivity index (χ4v) is 13.5. The molecule has 0 aliphatic heterocycles. The Balaban J connectivity index is 3.33. The van der Waals surface area contributed by atoms with Crippen LogP contribution in [0.5, 0.6) is 5.75 Å². The highest BCUT2D eigenvalue weighted by molar-refractivity contribution is 5.98. The minimum absolute atomic E-state index is 0.000124. The molecule has 17 atom stereocenters. The Morgan fingerprint density at radius 2 is 0.882 bits per heavy atom. The maximum absolute atomic E-state index is 14.7. The summed E-state index contributed by atoms with van der Waals surface area (Å²) in [7, 11) is 6.82. The van der Waals surface area contributed by atoms with Crippen LogP contribution in [0.1, 0.15) is 192 Å². The molecule has 0 radical (unpaired) electrons. The van der Waals surface area contributed by atoms with Gasteiger partial charge in [0, 0.05) is 34.6 Å². The highest BCUT2D eigenvalue weighted by Crippen LogP contribution is 2.26. The Hall–Kier alpha value is -6.56. The van der Waals surface area contributed by atoms with Crippen molar-refractivity contribution in [3.05, 3.63) is 29.8 Å². The summed E-state index contributed by atoms with van der Waals surface area (Å²) in [6, 6.07) is -4.96. The van der Waals surface area contributed by atoms with E-state index < -0.39 is 175 Å². The van der Waals surface area contributed by atoms with Crippen molar-refractivity contribution in [1.82, 2.24) is 46.2 Å². The number of carbonyl (C=O) groups excluding carboxylic acids is 10. The first-order valence-electron chi connectivity index (χ1n) is 36.7. The molecule has 0 fully saturated rings. The number of nitrogens with two attached hydrogens (primary N) is 1. The zero-order valence-corrected chi connectivity index (χ0v) is 64.6.